The van der Waals surface area contributed by atoms with Crippen LogP contribution in [-0.4, -0.2) is 43.2 Å². The summed E-state index contributed by atoms with van der Waals surface area (Å²) in [4.78, 5) is 28.9. The minimum atomic E-state index is -0.396. The maximum Gasteiger partial charge on any atom is 0.341 e. The van der Waals surface area contributed by atoms with Crippen molar-refractivity contribution in [1.82, 2.24) is 4.90 Å². The van der Waals surface area contributed by atoms with E-state index in [1.807, 2.05) is 19.2 Å². The summed E-state index contributed by atoms with van der Waals surface area (Å²) in [5.41, 5.74) is 1.51. The number of thiophene rings is 1. The van der Waals surface area contributed by atoms with Crippen molar-refractivity contribution in [2.45, 2.75) is 17.9 Å². The van der Waals surface area contributed by atoms with E-state index in [1.54, 1.807) is 12.1 Å². The zero-order valence-corrected chi connectivity index (χ0v) is 16.9. The molecule has 0 saturated heterocycles. The van der Waals surface area contributed by atoms with Crippen molar-refractivity contribution in [3.63, 3.8) is 0 Å². The molecule has 0 bridgehead atoms. The van der Waals surface area contributed by atoms with Gasteiger partial charge in [0.1, 0.15) is 5.00 Å². The molecule has 0 radical (unpaired) electrons. The minimum Gasteiger partial charge on any atom is -0.465 e. The van der Waals surface area contributed by atoms with Gasteiger partial charge in [-0.1, -0.05) is 11.6 Å². The van der Waals surface area contributed by atoms with Gasteiger partial charge in [-0.05, 0) is 43.3 Å². The summed E-state index contributed by atoms with van der Waals surface area (Å²) >= 11 is 8.75. The number of amides is 1. The third-order valence-electron chi connectivity index (χ3n) is 4.07. The lowest BCUT2D eigenvalue weighted by molar-refractivity contribution is -0.113. The zero-order chi connectivity index (χ0) is 18.7. The number of methoxy groups -OCH3 is 1. The van der Waals surface area contributed by atoms with Crippen molar-refractivity contribution >= 4 is 51.6 Å². The molecule has 0 atom stereocenters. The summed E-state index contributed by atoms with van der Waals surface area (Å²) in [6.45, 7) is 1.66. The SMILES string of the molecule is COC(=O)c1c(NC(=O)CSc2ccc(Cl)cc2)sc2c1CCN(C)C2. The molecule has 1 aromatic heterocycles. The van der Waals surface area contributed by atoms with Crippen LogP contribution in [-0.2, 0) is 22.5 Å². The normalized spacial score (nSPS) is 14.0. The van der Waals surface area contributed by atoms with E-state index in [9.17, 15) is 9.59 Å². The molecule has 5 nitrogen and oxygen atoms in total. The van der Waals surface area contributed by atoms with E-state index in [0.717, 1.165) is 34.8 Å². The molecular weight excluding hydrogens is 392 g/mol. The Morgan fingerprint density at radius 1 is 1.35 bits per heavy atom. The molecule has 1 aliphatic heterocycles. The van der Waals surface area contributed by atoms with Gasteiger partial charge in [0.15, 0.2) is 0 Å². The average Bonchev–Trinajstić information content (AvgIpc) is 2.97. The lowest BCUT2D eigenvalue weighted by Crippen LogP contribution is -2.26. The molecule has 1 amide bonds. The summed E-state index contributed by atoms with van der Waals surface area (Å²) < 4.78 is 4.94. The Hall–Kier alpha value is -1.54. The number of benzene rings is 1. The molecular formula is C18H19ClN2O3S2. The topological polar surface area (TPSA) is 58.6 Å². The quantitative estimate of drug-likeness (QED) is 0.598. The van der Waals surface area contributed by atoms with E-state index < -0.39 is 5.97 Å². The van der Waals surface area contributed by atoms with Crippen molar-refractivity contribution in [3.8, 4) is 0 Å². The van der Waals surface area contributed by atoms with Crippen molar-refractivity contribution < 1.29 is 14.3 Å². The largest absolute Gasteiger partial charge is 0.465 e. The number of rotatable bonds is 5. The Balaban J connectivity index is 1.73. The molecule has 1 aliphatic rings. The number of thioether (sulfide) groups is 1. The number of carbonyl (C=O) groups excluding carboxylic acids is 2. The summed E-state index contributed by atoms with van der Waals surface area (Å²) in [7, 11) is 3.41. The number of hydrogen-bond acceptors (Lipinski definition) is 6. The van der Waals surface area contributed by atoms with E-state index in [1.165, 1.54) is 30.2 Å². The predicted molar refractivity (Wildman–Crippen MR) is 107 cm³/mol. The van der Waals surface area contributed by atoms with Crippen LogP contribution in [0, 0.1) is 0 Å². The molecule has 26 heavy (non-hydrogen) atoms. The molecule has 0 aliphatic carbocycles. The van der Waals surface area contributed by atoms with Gasteiger partial charge in [-0.3, -0.25) is 4.79 Å². The molecule has 0 fully saturated rings. The number of likely N-dealkylation sites (N-methyl/N-ethyl adjacent to an activating group) is 1. The first-order valence-corrected chi connectivity index (χ1v) is 10.3. The first-order chi connectivity index (χ1) is 12.5. The van der Waals surface area contributed by atoms with E-state index in [2.05, 4.69) is 10.2 Å². The van der Waals surface area contributed by atoms with Crippen LogP contribution in [0.5, 0.6) is 0 Å². The smallest absolute Gasteiger partial charge is 0.341 e. The van der Waals surface area contributed by atoms with Gasteiger partial charge in [-0.25, -0.2) is 4.79 Å². The molecule has 0 unspecified atom stereocenters. The maximum atomic E-state index is 12.4. The third kappa shape index (κ3) is 4.40. The number of hydrogen-bond donors (Lipinski definition) is 1. The van der Waals surface area contributed by atoms with Crippen LogP contribution in [0.2, 0.25) is 5.02 Å². The van der Waals surface area contributed by atoms with Gasteiger partial charge in [-0.15, -0.1) is 23.1 Å². The highest BCUT2D eigenvalue weighted by atomic mass is 35.5. The van der Waals surface area contributed by atoms with E-state index in [0.29, 0.717) is 15.6 Å². The summed E-state index contributed by atoms with van der Waals surface area (Å²) in [5.74, 6) is -0.292. The third-order valence-corrected chi connectivity index (χ3v) is 6.47. The monoisotopic (exact) mass is 410 g/mol. The van der Waals surface area contributed by atoms with Crippen LogP contribution in [0.4, 0.5) is 5.00 Å². The zero-order valence-electron chi connectivity index (χ0n) is 14.5. The number of anilines is 1. The Kier molecular flexibility index (Phi) is 6.24. The van der Waals surface area contributed by atoms with Crippen molar-refractivity contribution in [2.75, 3.05) is 31.8 Å². The van der Waals surface area contributed by atoms with E-state index >= 15 is 0 Å². The molecule has 2 heterocycles. The molecule has 1 aromatic carbocycles. The van der Waals surface area contributed by atoms with Gasteiger partial charge in [0.05, 0.1) is 18.4 Å². The standard InChI is InChI=1S/C18H19ClN2O3S2/c1-21-8-7-13-14(9-21)26-17(16(13)18(23)24-2)20-15(22)10-25-12-5-3-11(19)4-6-12/h3-6H,7-10H2,1-2H3,(H,20,22). The molecule has 8 heteroatoms. The highest BCUT2D eigenvalue weighted by molar-refractivity contribution is 8.00. The molecule has 0 saturated carbocycles. The van der Waals surface area contributed by atoms with E-state index in [-0.39, 0.29) is 11.7 Å². The van der Waals surface area contributed by atoms with Gasteiger partial charge in [-0.2, -0.15) is 0 Å². The second-order valence-corrected chi connectivity index (χ2v) is 8.57. The first kappa shape index (κ1) is 19.2. The van der Waals surface area contributed by atoms with Crippen molar-refractivity contribution in [3.05, 3.63) is 45.3 Å². The Labute approximate surface area is 165 Å². The van der Waals surface area contributed by atoms with Crippen LogP contribution < -0.4 is 5.32 Å². The number of halogens is 1. The second-order valence-electron chi connectivity index (χ2n) is 5.98. The summed E-state index contributed by atoms with van der Waals surface area (Å²) in [6, 6.07) is 7.33. The fourth-order valence-electron chi connectivity index (χ4n) is 2.78. The molecule has 1 N–H and O–H groups in total. The average molecular weight is 411 g/mol. The Morgan fingerprint density at radius 3 is 2.77 bits per heavy atom. The molecule has 138 valence electrons. The van der Waals surface area contributed by atoms with Crippen LogP contribution in [0.15, 0.2) is 29.2 Å². The predicted octanol–water partition coefficient (Wildman–Crippen LogP) is 3.91. The molecule has 3 rings (SSSR count). The van der Waals surface area contributed by atoms with Gasteiger partial charge in [0.25, 0.3) is 0 Å². The maximum absolute atomic E-state index is 12.4. The number of esters is 1. The number of nitrogens with one attached hydrogen (secondary N) is 1. The van der Waals surface area contributed by atoms with Crippen LogP contribution in [0.3, 0.4) is 0 Å². The lowest BCUT2D eigenvalue weighted by atomic mass is 10.0. The first-order valence-electron chi connectivity index (χ1n) is 8.07. The van der Waals surface area contributed by atoms with Crippen LogP contribution in [0.25, 0.3) is 0 Å². The summed E-state index contributed by atoms with van der Waals surface area (Å²) in [6.07, 6.45) is 0.780. The molecule has 2 aromatic rings. The van der Waals surface area contributed by atoms with Crippen LogP contribution in [0.1, 0.15) is 20.8 Å². The highest BCUT2D eigenvalue weighted by Crippen LogP contribution is 2.37. The number of ether oxygens (including phenoxy) is 1. The Morgan fingerprint density at radius 2 is 2.08 bits per heavy atom. The molecule has 0 spiro atoms. The lowest BCUT2D eigenvalue weighted by Gasteiger charge is -2.22. The van der Waals surface area contributed by atoms with Crippen LogP contribution >= 0.6 is 34.7 Å². The van der Waals surface area contributed by atoms with E-state index in [4.69, 9.17) is 16.3 Å². The van der Waals surface area contributed by atoms with Crippen molar-refractivity contribution in [1.29, 1.82) is 0 Å². The minimum absolute atomic E-state index is 0.151. The number of carbonyl (C=O) groups is 2. The van der Waals surface area contributed by atoms with Gasteiger partial charge < -0.3 is 15.0 Å². The van der Waals surface area contributed by atoms with Gasteiger partial charge in [0.2, 0.25) is 5.91 Å². The van der Waals surface area contributed by atoms with Gasteiger partial charge in [0, 0.05) is 27.9 Å². The fraction of sp³-hybridized carbons (Fsp3) is 0.333. The highest BCUT2D eigenvalue weighted by Gasteiger charge is 2.28. The summed E-state index contributed by atoms with van der Waals surface area (Å²) in [5, 5.41) is 4.14. The fourth-order valence-corrected chi connectivity index (χ4v) is 4.94. The number of fused-ring (bicyclic) bond motifs is 1. The second kappa shape index (κ2) is 8.43. The number of nitrogens with zero attached hydrogens (tertiary/aromatic N) is 1. The van der Waals surface area contributed by atoms with Gasteiger partial charge >= 0.3 is 5.97 Å². The Bertz CT molecular complexity index is 821. The van der Waals surface area contributed by atoms with Crippen molar-refractivity contribution in [2.24, 2.45) is 0 Å².